The summed E-state index contributed by atoms with van der Waals surface area (Å²) in [5.74, 6) is -0.216. The lowest BCUT2D eigenvalue weighted by Crippen LogP contribution is -2.05. The van der Waals surface area contributed by atoms with Crippen LogP contribution in [-0.4, -0.2) is 15.8 Å². The quantitative estimate of drug-likeness (QED) is 0.398. The molecule has 0 unspecified atom stereocenters. The molecule has 0 amide bonds. The van der Waals surface area contributed by atoms with E-state index in [2.05, 4.69) is 15.3 Å². The summed E-state index contributed by atoms with van der Waals surface area (Å²) in [4.78, 5) is 20.2. The molecule has 2 rings (SSSR count). The second-order valence-electron chi connectivity index (χ2n) is 4.31. The number of nitrogens with zero attached hydrogens (tertiary/aromatic N) is 3. The van der Waals surface area contributed by atoms with Gasteiger partial charge in [-0.25, -0.2) is 9.97 Å². The number of halogens is 2. The Labute approximate surface area is 137 Å². The zero-order chi connectivity index (χ0) is 16.1. The fraction of sp³-hybridized carbons (Fsp3) is 0.0667. The lowest BCUT2D eigenvalue weighted by atomic mass is 10.1. The van der Waals surface area contributed by atoms with Gasteiger partial charge in [-0.1, -0.05) is 23.2 Å². The van der Waals surface area contributed by atoms with Crippen molar-refractivity contribution in [3.8, 4) is 6.07 Å². The van der Waals surface area contributed by atoms with Crippen LogP contribution in [0, 0.1) is 18.3 Å². The zero-order valence-electron chi connectivity index (χ0n) is 11.5. The van der Waals surface area contributed by atoms with E-state index in [-0.39, 0.29) is 16.7 Å². The first-order valence-corrected chi connectivity index (χ1v) is 6.93. The van der Waals surface area contributed by atoms with E-state index in [0.29, 0.717) is 16.3 Å². The summed E-state index contributed by atoms with van der Waals surface area (Å²) in [5.41, 5.74) is 0.948. The van der Waals surface area contributed by atoms with E-state index < -0.39 is 5.78 Å². The van der Waals surface area contributed by atoms with Gasteiger partial charge >= 0.3 is 0 Å². The summed E-state index contributed by atoms with van der Waals surface area (Å²) in [5, 5.41) is 12.6. The van der Waals surface area contributed by atoms with Crippen LogP contribution in [0.4, 0.5) is 5.95 Å². The molecule has 2 aromatic rings. The third-order valence-electron chi connectivity index (χ3n) is 2.64. The molecule has 1 heterocycles. The number of hydrogen-bond acceptors (Lipinski definition) is 5. The molecular formula is C15H10Cl2N4O. The molecule has 0 aliphatic heterocycles. The van der Waals surface area contributed by atoms with E-state index in [0.717, 1.165) is 0 Å². The predicted octanol–water partition coefficient (Wildman–Crippen LogP) is 3.79. The number of ketones is 1. The average Bonchev–Trinajstić information content (AvgIpc) is 2.47. The Morgan fingerprint density at radius 2 is 1.95 bits per heavy atom. The zero-order valence-corrected chi connectivity index (χ0v) is 13.0. The van der Waals surface area contributed by atoms with Gasteiger partial charge in [-0.15, -0.1) is 0 Å². The van der Waals surface area contributed by atoms with Crippen LogP contribution in [0.15, 0.2) is 42.1 Å². The summed E-state index contributed by atoms with van der Waals surface area (Å²) < 4.78 is 0. The van der Waals surface area contributed by atoms with Gasteiger partial charge in [0.2, 0.25) is 11.7 Å². The van der Waals surface area contributed by atoms with Crippen molar-refractivity contribution in [2.75, 3.05) is 5.32 Å². The molecule has 0 atom stereocenters. The number of benzene rings is 1. The highest BCUT2D eigenvalue weighted by molar-refractivity contribution is 6.30. The van der Waals surface area contributed by atoms with Crippen molar-refractivity contribution in [3.05, 3.63) is 63.5 Å². The number of Topliss-reactive ketones (excluding diaryl/α,β-unsaturated/α-hetero) is 1. The molecule has 0 saturated heterocycles. The molecule has 22 heavy (non-hydrogen) atoms. The highest BCUT2D eigenvalue weighted by Gasteiger charge is 2.12. The number of aryl methyl sites for hydroxylation is 1. The van der Waals surface area contributed by atoms with E-state index in [1.54, 1.807) is 37.3 Å². The molecule has 5 nitrogen and oxygen atoms in total. The number of hydrogen-bond donors (Lipinski definition) is 1. The number of anilines is 1. The molecule has 1 aromatic heterocycles. The minimum Gasteiger partial charge on any atom is -0.329 e. The Morgan fingerprint density at radius 1 is 1.27 bits per heavy atom. The molecule has 1 N–H and O–H groups in total. The third-order valence-corrected chi connectivity index (χ3v) is 3.09. The van der Waals surface area contributed by atoms with E-state index in [1.807, 2.05) is 6.07 Å². The van der Waals surface area contributed by atoms with Crippen molar-refractivity contribution in [2.24, 2.45) is 0 Å². The molecule has 0 aliphatic rings. The van der Waals surface area contributed by atoms with Gasteiger partial charge in [-0.2, -0.15) is 5.26 Å². The number of allylic oxidation sites excluding steroid dienone is 1. The maximum Gasteiger partial charge on any atom is 0.228 e. The molecule has 0 bridgehead atoms. The van der Waals surface area contributed by atoms with Crippen LogP contribution in [0.1, 0.15) is 16.1 Å². The molecule has 0 aliphatic carbocycles. The van der Waals surface area contributed by atoms with Gasteiger partial charge < -0.3 is 5.32 Å². The Bertz CT molecular complexity index is 759. The minimum absolute atomic E-state index is 0.0800. The second kappa shape index (κ2) is 7.03. The monoisotopic (exact) mass is 332 g/mol. The highest BCUT2D eigenvalue weighted by atomic mass is 35.5. The van der Waals surface area contributed by atoms with Crippen LogP contribution in [-0.2, 0) is 0 Å². The lowest BCUT2D eigenvalue weighted by Gasteiger charge is -2.03. The first-order chi connectivity index (χ1) is 10.5. The summed E-state index contributed by atoms with van der Waals surface area (Å²) in [6.07, 6.45) is 1.25. The molecule has 7 heteroatoms. The van der Waals surface area contributed by atoms with Crippen molar-refractivity contribution in [1.29, 1.82) is 5.26 Å². The lowest BCUT2D eigenvalue weighted by molar-refractivity contribution is 0.103. The molecular weight excluding hydrogens is 323 g/mol. The second-order valence-corrected chi connectivity index (χ2v) is 5.13. The normalized spacial score (nSPS) is 10.9. The first kappa shape index (κ1) is 16.0. The van der Waals surface area contributed by atoms with Gasteiger partial charge in [0.15, 0.2) is 0 Å². The topological polar surface area (TPSA) is 78.7 Å². The number of nitrogens with one attached hydrogen (secondary N) is 1. The summed E-state index contributed by atoms with van der Waals surface area (Å²) in [6.45, 7) is 1.76. The minimum atomic E-state index is -0.426. The van der Waals surface area contributed by atoms with Crippen molar-refractivity contribution in [2.45, 2.75) is 6.92 Å². The average molecular weight is 333 g/mol. The Balaban J connectivity index is 2.22. The Morgan fingerprint density at radius 3 is 2.55 bits per heavy atom. The fourth-order valence-corrected chi connectivity index (χ4v) is 2.00. The molecule has 1 aromatic carbocycles. The molecule has 0 fully saturated rings. The van der Waals surface area contributed by atoms with Crippen LogP contribution in [0.3, 0.4) is 0 Å². The summed E-state index contributed by atoms with van der Waals surface area (Å²) in [7, 11) is 0. The van der Waals surface area contributed by atoms with Crippen LogP contribution < -0.4 is 5.32 Å². The van der Waals surface area contributed by atoms with Crippen LogP contribution in [0.25, 0.3) is 0 Å². The van der Waals surface area contributed by atoms with Crippen molar-refractivity contribution < 1.29 is 4.79 Å². The Kier molecular flexibility index (Phi) is 5.10. The van der Waals surface area contributed by atoms with Crippen LogP contribution in [0.2, 0.25) is 10.2 Å². The third kappa shape index (κ3) is 4.04. The molecule has 110 valence electrons. The first-order valence-electron chi connectivity index (χ1n) is 6.18. The maximum absolute atomic E-state index is 12.2. The van der Waals surface area contributed by atoms with Crippen LogP contribution >= 0.6 is 23.2 Å². The van der Waals surface area contributed by atoms with Crippen molar-refractivity contribution >= 4 is 34.9 Å². The number of carbonyl (C=O) groups excluding carboxylic acids is 1. The van der Waals surface area contributed by atoms with Crippen molar-refractivity contribution in [1.82, 2.24) is 9.97 Å². The van der Waals surface area contributed by atoms with Gasteiger partial charge in [0.05, 0.1) is 0 Å². The van der Waals surface area contributed by atoms with Crippen LogP contribution in [0.5, 0.6) is 0 Å². The van der Waals surface area contributed by atoms with E-state index in [9.17, 15) is 4.79 Å². The van der Waals surface area contributed by atoms with Gasteiger partial charge in [0.1, 0.15) is 16.8 Å². The predicted molar refractivity (Wildman–Crippen MR) is 84.9 cm³/mol. The number of aromatic nitrogens is 2. The molecule has 0 spiro atoms. The summed E-state index contributed by atoms with van der Waals surface area (Å²) >= 11 is 11.6. The van der Waals surface area contributed by atoms with Gasteiger partial charge in [-0.05, 0) is 37.3 Å². The fourth-order valence-electron chi connectivity index (χ4n) is 1.64. The highest BCUT2D eigenvalue weighted by Crippen LogP contribution is 2.14. The summed E-state index contributed by atoms with van der Waals surface area (Å²) in [6, 6.07) is 9.71. The largest absolute Gasteiger partial charge is 0.329 e. The van der Waals surface area contributed by atoms with Crippen molar-refractivity contribution in [3.63, 3.8) is 0 Å². The number of nitriles is 1. The SMILES string of the molecule is Cc1cc(Cl)nc(NC=C(C#N)C(=O)c2ccc(Cl)cc2)n1. The Hall–Kier alpha value is -2.42. The number of carbonyl (C=O) groups is 1. The van der Waals surface area contributed by atoms with Gasteiger partial charge in [-0.3, -0.25) is 4.79 Å². The van der Waals surface area contributed by atoms with Gasteiger partial charge in [0, 0.05) is 22.5 Å². The maximum atomic E-state index is 12.2. The standard InChI is InChI=1S/C15H10Cl2N4O/c1-9-6-13(17)21-15(20-9)19-8-11(7-18)14(22)10-2-4-12(16)5-3-10/h2-6,8H,1H3,(H,19,20,21). The van der Waals surface area contributed by atoms with E-state index in [1.165, 1.54) is 6.20 Å². The number of rotatable bonds is 4. The van der Waals surface area contributed by atoms with Gasteiger partial charge in [0.25, 0.3) is 0 Å². The molecule has 0 saturated carbocycles. The van der Waals surface area contributed by atoms with E-state index in [4.69, 9.17) is 28.5 Å². The molecule has 0 radical (unpaired) electrons. The van der Waals surface area contributed by atoms with E-state index >= 15 is 0 Å². The smallest absolute Gasteiger partial charge is 0.228 e.